The summed E-state index contributed by atoms with van der Waals surface area (Å²) in [4.78, 5) is 14.5. The van der Waals surface area contributed by atoms with E-state index < -0.39 is 5.97 Å². The highest BCUT2D eigenvalue weighted by molar-refractivity contribution is 8.03. The van der Waals surface area contributed by atoms with Crippen molar-refractivity contribution in [3.8, 4) is 0 Å². The van der Waals surface area contributed by atoms with E-state index in [4.69, 9.17) is 0 Å². The van der Waals surface area contributed by atoms with Gasteiger partial charge in [-0.05, 0) is 23.6 Å². The third-order valence-corrected chi connectivity index (χ3v) is 3.58. The molecule has 1 aromatic heterocycles. The lowest BCUT2D eigenvalue weighted by Crippen LogP contribution is -2.18. The first-order valence-electron chi connectivity index (χ1n) is 4.15. The summed E-state index contributed by atoms with van der Waals surface area (Å²) in [5, 5.41) is 11.6. The van der Waals surface area contributed by atoms with Crippen LogP contribution in [0.15, 0.2) is 40.1 Å². The lowest BCUT2D eigenvalue weighted by molar-refractivity contribution is -0.297. The molecule has 0 amide bonds. The van der Waals surface area contributed by atoms with E-state index in [1.807, 2.05) is 24.3 Å². The van der Waals surface area contributed by atoms with Crippen LogP contribution in [-0.4, -0.2) is 11.0 Å². The van der Waals surface area contributed by atoms with E-state index in [1.54, 1.807) is 0 Å². The number of aromatic nitrogens is 1. The molecular weight excluding hydrogens is 244 g/mol. The third kappa shape index (κ3) is 3.06. The van der Waals surface area contributed by atoms with E-state index in [0.717, 1.165) is 20.6 Å². The predicted octanol–water partition coefficient (Wildman–Crippen LogP) is 2.03. The number of thiazole rings is 1. The molecule has 4 N–H and O–H groups in total. The zero-order valence-electron chi connectivity index (χ0n) is 8.54. The van der Waals surface area contributed by atoms with E-state index in [2.05, 4.69) is 4.98 Å². The summed E-state index contributed by atoms with van der Waals surface area (Å²) in [7, 11) is 0. The van der Waals surface area contributed by atoms with Crippen molar-refractivity contribution in [1.29, 1.82) is 0 Å². The van der Waals surface area contributed by atoms with Crippen molar-refractivity contribution in [3.05, 3.63) is 35.7 Å². The fraction of sp³-hybridized carbons (Fsp3) is 0. The van der Waals surface area contributed by atoms with Crippen LogP contribution in [-0.2, 0) is 4.79 Å². The van der Waals surface area contributed by atoms with E-state index >= 15 is 0 Å². The van der Waals surface area contributed by atoms with Crippen LogP contribution in [0.4, 0.5) is 0 Å². The lowest BCUT2D eigenvalue weighted by atomic mass is 10.3. The van der Waals surface area contributed by atoms with Gasteiger partial charge >= 0.3 is 0 Å². The number of para-hydroxylation sites is 1. The minimum Gasteiger partial charge on any atom is -0.545 e. The highest BCUT2D eigenvalue weighted by atomic mass is 32.2. The van der Waals surface area contributed by atoms with Crippen molar-refractivity contribution in [2.75, 3.05) is 0 Å². The van der Waals surface area contributed by atoms with Crippen molar-refractivity contribution in [1.82, 2.24) is 11.1 Å². The lowest BCUT2D eigenvalue weighted by Gasteiger charge is -1.88. The molecule has 0 aliphatic rings. The van der Waals surface area contributed by atoms with Gasteiger partial charge in [-0.2, -0.15) is 0 Å². The Morgan fingerprint density at radius 1 is 1.44 bits per heavy atom. The molecule has 0 aliphatic carbocycles. The van der Waals surface area contributed by atoms with Crippen molar-refractivity contribution in [2.24, 2.45) is 0 Å². The molecule has 0 saturated heterocycles. The first kappa shape index (κ1) is 12.7. The number of carboxylic acid groups (broad SMARTS) is 1. The molecule has 2 rings (SSSR count). The van der Waals surface area contributed by atoms with Gasteiger partial charge in [0.1, 0.15) is 0 Å². The molecule has 1 heterocycles. The minimum absolute atomic E-state index is 0. The van der Waals surface area contributed by atoms with Gasteiger partial charge in [-0.25, -0.2) is 4.98 Å². The second-order valence-electron chi connectivity index (χ2n) is 2.69. The van der Waals surface area contributed by atoms with Crippen LogP contribution in [0.1, 0.15) is 0 Å². The van der Waals surface area contributed by atoms with E-state index in [1.165, 1.54) is 28.5 Å². The van der Waals surface area contributed by atoms with Crippen molar-refractivity contribution in [2.45, 2.75) is 4.34 Å². The number of carbonyl (C=O) groups is 1. The number of benzene rings is 1. The van der Waals surface area contributed by atoms with Gasteiger partial charge in [0.2, 0.25) is 0 Å². The maximum absolute atomic E-state index is 10.1. The number of nitrogens with zero attached hydrogens (tertiary/aromatic N) is 1. The van der Waals surface area contributed by atoms with Crippen molar-refractivity contribution >= 4 is 39.3 Å². The maximum atomic E-state index is 10.1. The quantitative estimate of drug-likeness (QED) is 0.670. The molecule has 4 nitrogen and oxygen atoms in total. The molecule has 16 heavy (non-hydrogen) atoms. The van der Waals surface area contributed by atoms with Gasteiger partial charge in [0.25, 0.3) is 0 Å². The Kier molecular flexibility index (Phi) is 4.48. The van der Waals surface area contributed by atoms with Crippen LogP contribution in [0.2, 0.25) is 0 Å². The van der Waals surface area contributed by atoms with Crippen LogP contribution >= 0.6 is 23.1 Å². The number of fused-ring (bicyclic) bond motifs is 1. The first-order chi connectivity index (χ1) is 7.25. The summed E-state index contributed by atoms with van der Waals surface area (Å²) >= 11 is 2.82. The second-order valence-corrected chi connectivity index (χ2v) is 4.87. The number of rotatable bonds is 3. The van der Waals surface area contributed by atoms with Gasteiger partial charge in [0.15, 0.2) is 4.34 Å². The average Bonchev–Trinajstić information content (AvgIpc) is 2.59. The number of hydrogen-bond donors (Lipinski definition) is 1. The molecule has 84 valence electrons. The Morgan fingerprint density at radius 2 is 2.19 bits per heavy atom. The molecule has 0 aliphatic heterocycles. The monoisotopic (exact) mass is 254 g/mol. The van der Waals surface area contributed by atoms with Crippen LogP contribution in [0.5, 0.6) is 0 Å². The van der Waals surface area contributed by atoms with E-state index in [9.17, 15) is 9.90 Å². The van der Waals surface area contributed by atoms with Crippen LogP contribution in [0, 0.1) is 0 Å². The highest BCUT2D eigenvalue weighted by Crippen LogP contribution is 2.29. The molecule has 1 aromatic carbocycles. The standard InChI is InChI=1S/C10H7NO2S2.H3N/c12-9(13)5-6-14-10-11-7-3-1-2-4-8(7)15-10;/h1-6H,(H,12,13);1H3. The number of carboxylic acids is 1. The Bertz CT molecular complexity index is 489. The molecule has 0 fully saturated rings. The summed E-state index contributed by atoms with van der Waals surface area (Å²) in [6.07, 6.45) is 0.997. The SMILES string of the molecule is O=C([O-])C=CSc1nc2ccccc2s1.[NH4+]. The normalized spacial score (nSPS) is 10.5. The van der Waals surface area contributed by atoms with Gasteiger partial charge in [-0.1, -0.05) is 23.9 Å². The largest absolute Gasteiger partial charge is 0.545 e. The van der Waals surface area contributed by atoms with Gasteiger partial charge < -0.3 is 16.1 Å². The van der Waals surface area contributed by atoms with E-state index in [0.29, 0.717) is 0 Å². The van der Waals surface area contributed by atoms with Crippen LogP contribution in [0.25, 0.3) is 10.2 Å². The molecule has 0 saturated carbocycles. The molecule has 2 aromatic rings. The zero-order valence-corrected chi connectivity index (χ0v) is 10.2. The zero-order chi connectivity index (χ0) is 10.7. The molecular formula is C10H10N2O2S2. The predicted molar refractivity (Wildman–Crippen MR) is 65.6 cm³/mol. The summed E-state index contributed by atoms with van der Waals surface area (Å²) in [6, 6.07) is 7.79. The van der Waals surface area contributed by atoms with E-state index in [-0.39, 0.29) is 6.15 Å². The average molecular weight is 254 g/mol. The molecule has 0 radical (unpaired) electrons. The molecule has 0 spiro atoms. The Hall–Kier alpha value is -1.37. The molecule has 0 bridgehead atoms. The minimum atomic E-state index is -1.19. The summed E-state index contributed by atoms with van der Waals surface area (Å²) in [6.45, 7) is 0. The topological polar surface area (TPSA) is 89.5 Å². The van der Waals surface area contributed by atoms with Crippen LogP contribution in [0.3, 0.4) is 0 Å². The fourth-order valence-corrected chi connectivity index (χ4v) is 2.82. The smallest absolute Gasteiger partial charge is 0.155 e. The van der Waals surface area contributed by atoms with Gasteiger partial charge in [0, 0.05) is 0 Å². The van der Waals surface area contributed by atoms with Crippen molar-refractivity contribution in [3.63, 3.8) is 0 Å². The number of carbonyl (C=O) groups excluding carboxylic acids is 1. The van der Waals surface area contributed by atoms with Crippen LogP contribution < -0.4 is 11.3 Å². The van der Waals surface area contributed by atoms with Gasteiger partial charge in [-0.3, -0.25) is 0 Å². The summed E-state index contributed by atoms with van der Waals surface area (Å²) < 4.78 is 1.93. The summed E-state index contributed by atoms with van der Waals surface area (Å²) in [5.74, 6) is -1.19. The maximum Gasteiger partial charge on any atom is 0.155 e. The second kappa shape index (κ2) is 5.64. The molecule has 6 heteroatoms. The fourth-order valence-electron chi connectivity index (χ4n) is 1.05. The Morgan fingerprint density at radius 3 is 2.88 bits per heavy atom. The number of hydrogen-bond acceptors (Lipinski definition) is 5. The number of thioether (sulfide) groups is 1. The summed E-state index contributed by atoms with van der Waals surface area (Å²) in [5.41, 5.74) is 0.937. The highest BCUT2D eigenvalue weighted by Gasteiger charge is 2.00. The molecule has 0 unspecified atom stereocenters. The number of quaternary nitrogens is 1. The van der Waals surface area contributed by atoms with Gasteiger partial charge in [-0.15, -0.1) is 11.3 Å². The Balaban J connectivity index is 0.00000128. The van der Waals surface area contributed by atoms with Crippen molar-refractivity contribution < 1.29 is 9.90 Å². The first-order valence-corrected chi connectivity index (χ1v) is 5.85. The number of aliphatic carboxylic acids is 1. The van der Waals surface area contributed by atoms with Gasteiger partial charge in [0.05, 0.1) is 16.2 Å². The Labute approximate surface area is 101 Å². The molecule has 0 atom stereocenters. The third-order valence-electron chi connectivity index (χ3n) is 1.65.